The largest absolute Gasteiger partial charge is 0.493 e. The van der Waals surface area contributed by atoms with Gasteiger partial charge < -0.3 is 24.3 Å². The number of amides is 2. The lowest BCUT2D eigenvalue weighted by Crippen LogP contribution is -2.64. The molecule has 0 spiro atoms. The third-order valence-corrected chi connectivity index (χ3v) is 8.42. The number of hydrogen-bond acceptors (Lipinski definition) is 4. The van der Waals surface area contributed by atoms with Crippen molar-refractivity contribution in [1.82, 2.24) is 14.8 Å². The summed E-state index contributed by atoms with van der Waals surface area (Å²) in [5.74, 6) is 1.38. The number of nitrogens with one attached hydrogen (secondary N) is 1. The van der Waals surface area contributed by atoms with E-state index < -0.39 is 12.1 Å². The lowest BCUT2D eigenvalue weighted by Gasteiger charge is -2.48. The molecule has 3 heterocycles. The van der Waals surface area contributed by atoms with Gasteiger partial charge in [-0.3, -0.25) is 9.59 Å². The third kappa shape index (κ3) is 4.22. The van der Waals surface area contributed by atoms with Crippen LogP contribution in [0.2, 0.25) is 0 Å². The van der Waals surface area contributed by atoms with E-state index in [-0.39, 0.29) is 30.5 Å². The standard InChI is InChI=1S/C31H37N3O4/c1-19(2)38-26-15-14-20(16-27(26)37-3)30-29-23(22-12-8-9-13-24(22)32-29)17-25-31(36)33(18-28(35)34(25)30)21-10-6-4-5-7-11-21/h8-9,12-16,19,21,25,30,32H,4-7,10-11,17-18H2,1-3H3/t25-,30+/m0/s1. The van der Waals surface area contributed by atoms with Crippen LogP contribution in [-0.4, -0.2) is 58.4 Å². The highest BCUT2D eigenvalue weighted by atomic mass is 16.5. The maximum absolute atomic E-state index is 14.1. The van der Waals surface area contributed by atoms with Gasteiger partial charge >= 0.3 is 0 Å². The molecule has 200 valence electrons. The molecule has 1 saturated carbocycles. The van der Waals surface area contributed by atoms with Gasteiger partial charge in [-0.2, -0.15) is 0 Å². The highest BCUT2D eigenvalue weighted by Gasteiger charge is 2.49. The molecular formula is C31H37N3O4. The Morgan fingerprint density at radius 1 is 0.974 bits per heavy atom. The number of carbonyl (C=O) groups is 2. The van der Waals surface area contributed by atoms with Crippen molar-refractivity contribution in [3.63, 3.8) is 0 Å². The van der Waals surface area contributed by atoms with Gasteiger partial charge in [0.1, 0.15) is 12.6 Å². The summed E-state index contributed by atoms with van der Waals surface area (Å²) in [5.41, 5.74) is 4.03. The number of ether oxygens (including phenoxy) is 2. The zero-order valence-corrected chi connectivity index (χ0v) is 22.5. The fourth-order valence-electron chi connectivity index (χ4n) is 6.72. The van der Waals surface area contributed by atoms with E-state index >= 15 is 0 Å². The summed E-state index contributed by atoms with van der Waals surface area (Å²) in [6, 6.07) is 13.3. The highest BCUT2D eigenvalue weighted by Crippen LogP contribution is 2.44. The van der Waals surface area contributed by atoms with E-state index in [4.69, 9.17) is 9.47 Å². The van der Waals surface area contributed by atoms with Crippen LogP contribution in [0.1, 0.15) is 75.2 Å². The summed E-state index contributed by atoms with van der Waals surface area (Å²) in [4.78, 5) is 35.4. The van der Waals surface area contributed by atoms with Gasteiger partial charge in [-0.05, 0) is 56.0 Å². The van der Waals surface area contributed by atoms with Crippen LogP contribution >= 0.6 is 0 Å². The Kier molecular flexibility index (Phi) is 6.54. The van der Waals surface area contributed by atoms with Gasteiger partial charge in [0.2, 0.25) is 11.8 Å². The zero-order valence-electron chi connectivity index (χ0n) is 22.5. The average Bonchev–Trinajstić information content (AvgIpc) is 3.07. The number of H-pyrrole nitrogens is 1. The number of fused-ring (bicyclic) bond motifs is 4. The molecule has 7 heteroatoms. The number of aromatic nitrogens is 1. The first-order valence-corrected chi connectivity index (χ1v) is 14.0. The molecule has 2 atom stereocenters. The molecule has 1 aliphatic carbocycles. The van der Waals surface area contributed by atoms with E-state index in [9.17, 15) is 9.59 Å². The molecule has 1 N–H and O–H groups in total. The minimum atomic E-state index is -0.520. The SMILES string of the molecule is COc1cc([C@@H]2c3[nH]c4ccccc4c3C[C@H]3C(=O)N(C4CCCCCC4)CC(=O)N23)ccc1OC(C)C. The molecule has 2 fully saturated rings. The van der Waals surface area contributed by atoms with Gasteiger partial charge in [0.25, 0.3) is 0 Å². The van der Waals surface area contributed by atoms with E-state index in [2.05, 4.69) is 17.1 Å². The Labute approximate surface area is 224 Å². The molecule has 7 nitrogen and oxygen atoms in total. The molecule has 0 radical (unpaired) electrons. The quantitative estimate of drug-likeness (QED) is 0.464. The molecule has 2 aliphatic heterocycles. The van der Waals surface area contributed by atoms with Gasteiger partial charge in [0, 0.05) is 29.1 Å². The second-order valence-corrected chi connectivity index (χ2v) is 11.2. The van der Waals surface area contributed by atoms with E-state index in [1.165, 1.54) is 12.8 Å². The number of benzene rings is 2. The Hall–Kier alpha value is -3.48. The van der Waals surface area contributed by atoms with Crippen molar-refractivity contribution in [2.24, 2.45) is 0 Å². The van der Waals surface area contributed by atoms with Gasteiger partial charge in [0.05, 0.1) is 19.3 Å². The molecule has 3 aromatic rings. The molecule has 2 aromatic carbocycles. The van der Waals surface area contributed by atoms with Crippen molar-refractivity contribution in [2.75, 3.05) is 13.7 Å². The molecule has 0 unspecified atom stereocenters. The van der Waals surface area contributed by atoms with Crippen LogP contribution in [0.15, 0.2) is 42.5 Å². The number of nitrogens with zero attached hydrogens (tertiary/aromatic N) is 2. The number of rotatable bonds is 5. The van der Waals surface area contributed by atoms with Gasteiger partial charge in [-0.15, -0.1) is 0 Å². The van der Waals surface area contributed by atoms with E-state index in [1.807, 2.05) is 54.0 Å². The molecule has 2 amide bonds. The third-order valence-electron chi connectivity index (χ3n) is 8.42. The summed E-state index contributed by atoms with van der Waals surface area (Å²) < 4.78 is 11.7. The Bertz CT molecular complexity index is 1350. The molecule has 38 heavy (non-hydrogen) atoms. The summed E-state index contributed by atoms with van der Waals surface area (Å²) in [6.07, 6.45) is 7.17. The van der Waals surface area contributed by atoms with Crippen molar-refractivity contribution in [2.45, 2.75) is 83.0 Å². The minimum Gasteiger partial charge on any atom is -0.493 e. The van der Waals surface area contributed by atoms with Crippen LogP contribution in [0.4, 0.5) is 0 Å². The summed E-state index contributed by atoms with van der Waals surface area (Å²) >= 11 is 0. The van der Waals surface area contributed by atoms with Crippen LogP contribution in [0, 0.1) is 0 Å². The second-order valence-electron chi connectivity index (χ2n) is 11.2. The average molecular weight is 516 g/mol. The van der Waals surface area contributed by atoms with Crippen molar-refractivity contribution >= 4 is 22.7 Å². The highest BCUT2D eigenvalue weighted by molar-refractivity contribution is 5.98. The first kappa shape index (κ1) is 24.8. The van der Waals surface area contributed by atoms with Crippen LogP contribution in [-0.2, 0) is 16.0 Å². The number of carbonyl (C=O) groups excluding carboxylic acids is 2. The van der Waals surface area contributed by atoms with Crippen molar-refractivity contribution in [3.8, 4) is 11.5 Å². The summed E-state index contributed by atoms with van der Waals surface area (Å²) in [5, 5.41) is 1.12. The van der Waals surface area contributed by atoms with Gasteiger partial charge in [-0.1, -0.05) is 49.9 Å². The monoisotopic (exact) mass is 515 g/mol. The van der Waals surface area contributed by atoms with E-state index in [0.717, 1.165) is 53.4 Å². The molecule has 6 rings (SSSR count). The number of para-hydroxylation sites is 1. The van der Waals surface area contributed by atoms with E-state index in [1.54, 1.807) is 7.11 Å². The maximum atomic E-state index is 14.1. The predicted octanol–water partition coefficient (Wildman–Crippen LogP) is 5.37. The van der Waals surface area contributed by atoms with Crippen molar-refractivity contribution in [1.29, 1.82) is 0 Å². The fraction of sp³-hybridized carbons (Fsp3) is 0.484. The predicted molar refractivity (Wildman–Crippen MR) is 146 cm³/mol. The normalized spacial score (nSPS) is 22.4. The molecular weight excluding hydrogens is 478 g/mol. The molecule has 0 bridgehead atoms. The van der Waals surface area contributed by atoms with Crippen LogP contribution in [0.5, 0.6) is 11.5 Å². The van der Waals surface area contributed by atoms with Crippen LogP contribution in [0.25, 0.3) is 10.9 Å². The smallest absolute Gasteiger partial charge is 0.246 e. The van der Waals surface area contributed by atoms with Crippen molar-refractivity contribution < 1.29 is 19.1 Å². The first-order valence-electron chi connectivity index (χ1n) is 14.0. The fourth-order valence-corrected chi connectivity index (χ4v) is 6.72. The lowest BCUT2D eigenvalue weighted by molar-refractivity contribution is -0.161. The molecule has 3 aliphatic rings. The first-order chi connectivity index (χ1) is 18.5. The number of methoxy groups -OCH3 is 1. The maximum Gasteiger partial charge on any atom is 0.246 e. The number of aromatic amines is 1. The Morgan fingerprint density at radius 2 is 1.74 bits per heavy atom. The van der Waals surface area contributed by atoms with Gasteiger partial charge in [0.15, 0.2) is 11.5 Å². The second kappa shape index (κ2) is 10.0. The number of hydrogen-bond donors (Lipinski definition) is 1. The van der Waals surface area contributed by atoms with Crippen molar-refractivity contribution in [3.05, 3.63) is 59.3 Å². The molecule has 1 saturated heterocycles. The lowest BCUT2D eigenvalue weighted by atomic mass is 9.85. The topological polar surface area (TPSA) is 74.9 Å². The van der Waals surface area contributed by atoms with Gasteiger partial charge in [-0.25, -0.2) is 0 Å². The van der Waals surface area contributed by atoms with Crippen LogP contribution in [0.3, 0.4) is 0 Å². The summed E-state index contributed by atoms with van der Waals surface area (Å²) in [6.45, 7) is 4.11. The molecule has 1 aromatic heterocycles. The zero-order chi connectivity index (χ0) is 26.4. The Morgan fingerprint density at radius 3 is 2.47 bits per heavy atom. The Balaban J connectivity index is 1.46. The summed E-state index contributed by atoms with van der Waals surface area (Å²) in [7, 11) is 1.63. The van der Waals surface area contributed by atoms with Crippen LogP contribution < -0.4 is 9.47 Å². The number of piperazine rings is 1. The minimum absolute atomic E-state index is 0.00499. The van der Waals surface area contributed by atoms with E-state index in [0.29, 0.717) is 17.9 Å².